The molecule has 0 unspecified atom stereocenters. The minimum atomic E-state index is -4.52. The average molecular weight is 288 g/mol. The topological polar surface area (TPSA) is 55.1 Å². The van der Waals surface area contributed by atoms with Crippen molar-refractivity contribution in [3.63, 3.8) is 0 Å². The van der Waals surface area contributed by atoms with Crippen LogP contribution in [0.15, 0.2) is 18.2 Å². The molecule has 0 aromatic heterocycles. The average Bonchev–Trinajstić information content (AvgIpc) is 2.38. The number of rotatable bonds is 6. The smallest absolute Gasteiger partial charge is 0.326 e. The fourth-order valence-electron chi connectivity index (χ4n) is 1.81. The number of carbonyl (C=O) groups is 1. The Hall–Kier alpha value is -1.56. The first-order valence-electron chi connectivity index (χ1n) is 6.58. The molecular formula is C14H19F3N2O. The Morgan fingerprint density at radius 1 is 1.30 bits per heavy atom. The predicted octanol–water partition coefficient (Wildman–Crippen LogP) is 3.68. The van der Waals surface area contributed by atoms with E-state index in [1.165, 1.54) is 12.1 Å². The van der Waals surface area contributed by atoms with Gasteiger partial charge in [-0.1, -0.05) is 25.8 Å². The van der Waals surface area contributed by atoms with Crippen LogP contribution in [0.4, 0.5) is 18.9 Å². The normalized spacial score (nSPS) is 11.4. The Labute approximate surface area is 116 Å². The van der Waals surface area contributed by atoms with Crippen LogP contribution in [-0.2, 0) is 17.5 Å². The quantitative estimate of drug-likeness (QED) is 0.784. The third kappa shape index (κ3) is 4.85. The first-order valence-corrected chi connectivity index (χ1v) is 6.58. The van der Waals surface area contributed by atoms with Gasteiger partial charge in [0.1, 0.15) is 0 Å². The second-order valence-electron chi connectivity index (χ2n) is 4.59. The van der Waals surface area contributed by atoms with E-state index in [0.29, 0.717) is 12.0 Å². The predicted molar refractivity (Wildman–Crippen MR) is 72.1 cm³/mol. The number of hydrogen-bond donors (Lipinski definition) is 2. The van der Waals surface area contributed by atoms with E-state index in [1.807, 2.05) is 6.92 Å². The number of alkyl halides is 3. The molecule has 0 atom stereocenters. The molecule has 1 amide bonds. The number of amides is 1. The van der Waals surface area contributed by atoms with Crippen LogP contribution in [0.1, 0.15) is 43.7 Å². The standard InChI is InChI=1S/C14H19F3N2O/c1-2-3-4-5-13(20)19-12-7-6-10(9-18)8-11(12)14(15,16)17/h6-8H,2-5,9,18H2,1H3,(H,19,20). The van der Waals surface area contributed by atoms with E-state index in [2.05, 4.69) is 5.32 Å². The van der Waals surface area contributed by atoms with Crippen LogP contribution in [0.3, 0.4) is 0 Å². The summed E-state index contributed by atoms with van der Waals surface area (Å²) in [7, 11) is 0. The number of benzene rings is 1. The molecule has 0 radical (unpaired) electrons. The summed E-state index contributed by atoms with van der Waals surface area (Å²) in [5.41, 5.74) is 4.65. The molecule has 0 aliphatic rings. The molecule has 0 aliphatic heterocycles. The Kier molecular flexibility index (Phi) is 6.01. The summed E-state index contributed by atoms with van der Waals surface area (Å²) in [6, 6.07) is 3.71. The van der Waals surface area contributed by atoms with Gasteiger partial charge in [0.2, 0.25) is 5.91 Å². The summed E-state index contributed by atoms with van der Waals surface area (Å²) in [6.07, 6.45) is -1.79. The largest absolute Gasteiger partial charge is 0.418 e. The Morgan fingerprint density at radius 2 is 2.00 bits per heavy atom. The minimum Gasteiger partial charge on any atom is -0.326 e. The van der Waals surface area contributed by atoms with Crippen LogP contribution < -0.4 is 11.1 Å². The van der Waals surface area contributed by atoms with Gasteiger partial charge in [-0.25, -0.2) is 0 Å². The molecule has 112 valence electrons. The summed E-state index contributed by atoms with van der Waals surface area (Å²) in [5.74, 6) is -0.399. The maximum absolute atomic E-state index is 12.9. The zero-order valence-electron chi connectivity index (χ0n) is 11.4. The number of nitrogens with two attached hydrogens (primary N) is 1. The van der Waals surface area contributed by atoms with E-state index < -0.39 is 17.6 Å². The number of unbranched alkanes of at least 4 members (excludes halogenated alkanes) is 2. The minimum absolute atomic E-state index is 0.0216. The highest BCUT2D eigenvalue weighted by Crippen LogP contribution is 2.35. The van der Waals surface area contributed by atoms with Crippen LogP contribution in [0, 0.1) is 0 Å². The van der Waals surface area contributed by atoms with Crippen LogP contribution >= 0.6 is 0 Å². The molecule has 1 aromatic rings. The van der Waals surface area contributed by atoms with Gasteiger partial charge < -0.3 is 11.1 Å². The number of nitrogens with one attached hydrogen (secondary N) is 1. The highest BCUT2D eigenvalue weighted by Gasteiger charge is 2.34. The van der Waals surface area contributed by atoms with E-state index in [-0.39, 0.29) is 18.7 Å². The van der Waals surface area contributed by atoms with Crippen LogP contribution in [0.5, 0.6) is 0 Å². The fourth-order valence-corrected chi connectivity index (χ4v) is 1.81. The Bertz CT molecular complexity index is 458. The van der Waals surface area contributed by atoms with Crippen molar-refractivity contribution in [1.29, 1.82) is 0 Å². The lowest BCUT2D eigenvalue weighted by Crippen LogP contribution is -2.17. The molecule has 0 bridgehead atoms. The Morgan fingerprint density at radius 3 is 2.55 bits per heavy atom. The molecule has 0 saturated carbocycles. The third-order valence-electron chi connectivity index (χ3n) is 2.91. The van der Waals surface area contributed by atoms with Gasteiger partial charge in [-0.05, 0) is 24.1 Å². The molecule has 0 aliphatic carbocycles. The van der Waals surface area contributed by atoms with Crippen molar-refractivity contribution in [2.24, 2.45) is 5.73 Å². The first kappa shape index (κ1) is 16.5. The molecule has 1 aromatic carbocycles. The van der Waals surface area contributed by atoms with Crippen molar-refractivity contribution in [3.8, 4) is 0 Å². The Balaban J connectivity index is 2.86. The number of anilines is 1. The molecule has 0 fully saturated rings. The number of carbonyl (C=O) groups excluding carboxylic acids is 1. The molecule has 20 heavy (non-hydrogen) atoms. The zero-order chi connectivity index (χ0) is 15.2. The number of hydrogen-bond acceptors (Lipinski definition) is 2. The van der Waals surface area contributed by atoms with E-state index in [9.17, 15) is 18.0 Å². The van der Waals surface area contributed by atoms with Gasteiger partial charge in [0, 0.05) is 13.0 Å². The summed E-state index contributed by atoms with van der Waals surface area (Å²) >= 11 is 0. The maximum Gasteiger partial charge on any atom is 0.418 e. The molecule has 3 N–H and O–H groups in total. The molecular weight excluding hydrogens is 269 g/mol. The van der Waals surface area contributed by atoms with Gasteiger partial charge in [-0.2, -0.15) is 13.2 Å². The van der Waals surface area contributed by atoms with E-state index >= 15 is 0 Å². The molecule has 6 heteroatoms. The lowest BCUT2D eigenvalue weighted by atomic mass is 10.1. The molecule has 3 nitrogen and oxygen atoms in total. The highest BCUT2D eigenvalue weighted by molar-refractivity contribution is 5.91. The van der Waals surface area contributed by atoms with Gasteiger partial charge in [0.25, 0.3) is 0 Å². The lowest BCUT2D eigenvalue weighted by Gasteiger charge is -2.15. The molecule has 1 rings (SSSR count). The van der Waals surface area contributed by atoms with Gasteiger partial charge in [0.05, 0.1) is 11.3 Å². The fraction of sp³-hybridized carbons (Fsp3) is 0.500. The third-order valence-corrected chi connectivity index (χ3v) is 2.91. The van der Waals surface area contributed by atoms with E-state index in [0.717, 1.165) is 18.9 Å². The van der Waals surface area contributed by atoms with Gasteiger partial charge in [0.15, 0.2) is 0 Å². The van der Waals surface area contributed by atoms with Gasteiger partial charge >= 0.3 is 6.18 Å². The van der Waals surface area contributed by atoms with E-state index in [4.69, 9.17) is 5.73 Å². The molecule has 0 saturated heterocycles. The molecule has 0 heterocycles. The SMILES string of the molecule is CCCCCC(=O)Nc1ccc(CN)cc1C(F)(F)F. The highest BCUT2D eigenvalue weighted by atomic mass is 19.4. The van der Waals surface area contributed by atoms with Gasteiger partial charge in [-0.3, -0.25) is 4.79 Å². The zero-order valence-corrected chi connectivity index (χ0v) is 11.4. The van der Waals surface area contributed by atoms with Crippen molar-refractivity contribution >= 4 is 11.6 Å². The van der Waals surface area contributed by atoms with Crippen LogP contribution in [-0.4, -0.2) is 5.91 Å². The summed E-state index contributed by atoms with van der Waals surface area (Å²) < 4.78 is 38.8. The lowest BCUT2D eigenvalue weighted by molar-refractivity contribution is -0.137. The van der Waals surface area contributed by atoms with E-state index in [1.54, 1.807) is 0 Å². The van der Waals surface area contributed by atoms with Crippen molar-refractivity contribution in [2.75, 3.05) is 5.32 Å². The van der Waals surface area contributed by atoms with Gasteiger partial charge in [-0.15, -0.1) is 0 Å². The second-order valence-corrected chi connectivity index (χ2v) is 4.59. The van der Waals surface area contributed by atoms with Crippen molar-refractivity contribution in [2.45, 2.75) is 45.3 Å². The summed E-state index contributed by atoms with van der Waals surface area (Å²) in [4.78, 5) is 11.6. The van der Waals surface area contributed by atoms with Crippen LogP contribution in [0.2, 0.25) is 0 Å². The van der Waals surface area contributed by atoms with Crippen molar-refractivity contribution < 1.29 is 18.0 Å². The first-order chi connectivity index (χ1) is 9.38. The summed E-state index contributed by atoms with van der Waals surface area (Å²) in [6.45, 7) is 2.01. The second kappa shape index (κ2) is 7.28. The van der Waals surface area contributed by atoms with Crippen LogP contribution in [0.25, 0.3) is 0 Å². The van der Waals surface area contributed by atoms with Crippen molar-refractivity contribution in [3.05, 3.63) is 29.3 Å². The maximum atomic E-state index is 12.9. The van der Waals surface area contributed by atoms with Crippen molar-refractivity contribution in [1.82, 2.24) is 0 Å². The number of halogens is 3. The summed E-state index contributed by atoms with van der Waals surface area (Å²) in [5, 5.41) is 2.33. The monoisotopic (exact) mass is 288 g/mol. The molecule has 0 spiro atoms.